The molecule has 1 saturated heterocycles. The monoisotopic (exact) mass is 448 g/mol. The fourth-order valence-electron chi connectivity index (χ4n) is 4.05. The highest BCUT2D eigenvalue weighted by Gasteiger charge is 2.44. The summed E-state index contributed by atoms with van der Waals surface area (Å²) in [5, 5.41) is 16.4. The molecule has 3 atom stereocenters. The Morgan fingerprint density at radius 1 is 1.26 bits per heavy atom. The molecule has 0 amide bonds. The number of aliphatic hydroxyl groups is 1. The number of benzene rings is 2. The summed E-state index contributed by atoms with van der Waals surface area (Å²) >= 11 is 5.93. The summed E-state index contributed by atoms with van der Waals surface area (Å²) in [4.78, 5) is 5.94. The molecule has 1 fully saturated rings. The molecule has 9 heteroatoms. The Kier molecular flexibility index (Phi) is 6.22. The summed E-state index contributed by atoms with van der Waals surface area (Å²) in [6.07, 6.45) is 3.46. The van der Waals surface area contributed by atoms with Crippen LogP contribution in [0, 0.1) is 11.6 Å². The highest BCUT2D eigenvalue weighted by Crippen LogP contribution is 2.34. The second-order valence-corrected chi connectivity index (χ2v) is 8.23. The van der Waals surface area contributed by atoms with Gasteiger partial charge in [0.25, 0.3) is 0 Å². The average molecular weight is 449 g/mol. The standard InChI is InChI=1S/C22H23ClF2N4O2/c1-15(28-9-8-19(11-28)31-18-5-2-16(23)3-6-18)22(30,12-29-14-26-13-27-29)20-7-4-17(24)10-21(20)25/h2-7,10,13-15,19,30H,8-9,11-12H2,1H3/t15-,19?,22-/m1/s1. The van der Waals surface area contributed by atoms with E-state index in [9.17, 15) is 13.9 Å². The number of ether oxygens (including phenoxy) is 1. The summed E-state index contributed by atoms with van der Waals surface area (Å²) in [5.41, 5.74) is -1.65. The van der Waals surface area contributed by atoms with Gasteiger partial charge in [0.05, 0.1) is 6.54 Å². The molecule has 1 N–H and O–H groups in total. The minimum absolute atomic E-state index is 0.0129. The molecule has 0 spiro atoms. The van der Waals surface area contributed by atoms with Gasteiger partial charge in [-0.05, 0) is 43.7 Å². The van der Waals surface area contributed by atoms with E-state index in [1.807, 2.05) is 24.0 Å². The Morgan fingerprint density at radius 3 is 2.71 bits per heavy atom. The lowest BCUT2D eigenvalue weighted by atomic mass is 9.85. The van der Waals surface area contributed by atoms with Crippen LogP contribution in [0.15, 0.2) is 55.1 Å². The van der Waals surface area contributed by atoms with E-state index in [1.54, 1.807) is 12.1 Å². The summed E-state index contributed by atoms with van der Waals surface area (Å²) in [7, 11) is 0. The zero-order valence-electron chi connectivity index (χ0n) is 17.0. The Balaban J connectivity index is 1.55. The molecule has 4 rings (SSSR count). The van der Waals surface area contributed by atoms with Gasteiger partial charge in [-0.25, -0.2) is 18.4 Å². The van der Waals surface area contributed by atoms with Gasteiger partial charge < -0.3 is 9.84 Å². The van der Waals surface area contributed by atoms with Crippen LogP contribution in [0.4, 0.5) is 8.78 Å². The molecule has 1 aliphatic rings. The number of aromatic nitrogens is 3. The van der Waals surface area contributed by atoms with Crippen LogP contribution in [0.2, 0.25) is 5.02 Å². The lowest BCUT2D eigenvalue weighted by molar-refractivity contribution is -0.0596. The van der Waals surface area contributed by atoms with E-state index in [4.69, 9.17) is 16.3 Å². The number of rotatable bonds is 7. The van der Waals surface area contributed by atoms with Gasteiger partial charge in [0, 0.05) is 35.8 Å². The number of halogens is 3. The van der Waals surface area contributed by atoms with Crippen molar-refractivity contribution in [3.63, 3.8) is 0 Å². The molecule has 2 aromatic carbocycles. The minimum Gasteiger partial charge on any atom is -0.489 e. The lowest BCUT2D eigenvalue weighted by Gasteiger charge is -2.39. The highest BCUT2D eigenvalue weighted by molar-refractivity contribution is 6.30. The Bertz CT molecular complexity index is 1020. The third-order valence-corrected chi connectivity index (χ3v) is 6.05. The second kappa shape index (κ2) is 8.90. The predicted octanol–water partition coefficient (Wildman–Crippen LogP) is 3.64. The van der Waals surface area contributed by atoms with Crippen LogP contribution in [0.1, 0.15) is 18.9 Å². The molecular weight excluding hydrogens is 426 g/mol. The number of hydrogen-bond donors (Lipinski definition) is 1. The quantitative estimate of drug-likeness (QED) is 0.598. The van der Waals surface area contributed by atoms with E-state index in [-0.39, 0.29) is 18.2 Å². The molecule has 0 bridgehead atoms. The van der Waals surface area contributed by atoms with Crippen LogP contribution in [-0.4, -0.2) is 50.0 Å². The molecule has 1 aliphatic heterocycles. The van der Waals surface area contributed by atoms with Crippen LogP contribution >= 0.6 is 11.6 Å². The molecule has 0 aliphatic carbocycles. The van der Waals surface area contributed by atoms with Crippen molar-refractivity contribution in [2.45, 2.75) is 37.6 Å². The lowest BCUT2D eigenvalue weighted by Crippen LogP contribution is -2.51. The SMILES string of the molecule is C[C@@H](N1CCC(Oc2ccc(Cl)cc2)C1)[C@](O)(Cn1cncn1)c1ccc(F)cc1F. The van der Waals surface area contributed by atoms with Crippen molar-refractivity contribution in [2.75, 3.05) is 13.1 Å². The van der Waals surface area contributed by atoms with E-state index in [2.05, 4.69) is 10.1 Å². The fourth-order valence-corrected chi connectivity index (χ4v) is 4.18. The molecule has 1 unspecified atom stereocenters. The third kappa shape index (κ3) is 4.71. The van der Waals surface area contributed by atoms with Gasteiger partial charge >= 0.3 is 0 Å². The van der Waals surface area contributed by atoms with Gasteiger partial charge in [-0.2, -0.15) is 5.10 Å². The summed E-state index contributed by atoms with van der Waals surface area (Å²) < 4.78 is 35.7. The van der Waals surface area contributed by atoms with Gasteiger partial charge in [0.2, 0.25) is 0 Å². The van der Waals surface area contributed by atoms with Gasteiger partial charge in [-0.3, -0.25) is 4.90 Å². The molecule has 6 nitrogen and oxygen atoms in total. The van der Waals surface area contributed by atoms with Gasteiger partial charge in [-0.15, -0.1) is 0 Å². The first-order valence-electron chi connectivity index (χ1n) is 10.0. The fraction of sp³-hybridized carbons (Fsp3) is 0.364. The number of hydrogen-bond acceptors (Lipinski definition) is 5. The summed E-state index contributed by atoms with van der Waals surface area (Å²) in [5.74, 6) is -0.788. The largest absolute Gasteiger partial charge is 0.489 e. The number of nitrogens with zero attached hydrogens (tertiary/aromatic N) is 4. The van der Waals surface area contributed by atoms with Crippen molar-refractivity contribution in [3.8, 4) is 5.75 Å². The summed E-state index contributed by atoms with van der Waals surface area (Å²) in [6.45, 7) is 2.99. The first-order valence-corrected chi connectivity index (χ1v) is 10.4. The van der Waals surface area contributed by atoms with Crippen LogP contribution in [-0.2, 0) is 12.1 Å². The first-order chi connectivity index (χ1) is 14.8. The van der Waals surface area contributed by atoms with Crippen LogP contribution < -0.4 is 4.74 Å². The zero-order valence-corrected chi connectivity index (χ0v) is 17.7. The first kappa shape index (κ1) is 21.7. The Morgan fingerprint density at radius 2 is 2.03 bits per heavy atom. The van der Waals surface area contributed by atoms with Crippen molar-refractivity contribution >= 4 is 11.6 Å². The smallest absolute Gasteiger partial charge is 0.137 e. The van der Waals surface area contributed by atoms with Crippen LogP contribution in [0.25, 0.3) is 0 Å². The van der Waals surface area contributed by atoms with Crippen molar-refractivity contribution in [1.82, 2.24) is 19.7 Å². The van der Waals surface area contributed by atoms with E-state index in [0.29, 0.717) is 23.9 Å². The van der Waals surface area contributed by atoms with Gasteiger partial charge in [-0.1, -0.05) is 17.7 Å². The topological polar surface area (TPSA) is 63.4 Å². The molecule has 31 heavy (non-hydrogen) atoms. The molecule has 164 valence electrons. The third-order valence-electron chi connectivity index (χ3n) is 5.80. The maximum Gasteiger partial charge on any atom is 0.137 e. The Hall–Kier alpha value is -2.55. The molecule has 0 radical (unpaired) electrons. The maximum atomic E-state index is 14.7. The van der Waals surface area contributed by atoms with E-state index >= 15 is 0 Å². The highest BCUT2D eigenvalue weighted by atomic mass is 35.5. The van der Waals surface area contributed by atoms with Gasteiger partial charge in [0.15, 0.2) is 0 Å². The second-order valence-electron chi connectivity index (χ2n) is 7.79. The molecule has 2 heterocycles. The number of likely N-dealkylation sites (tertiary alicyclic amines) is 1. The summed E-state index contributed by atoms with van der Waals surface area (Å²) in [6, 6.07) is 9.86. The van der Waals surface area contributed by atoms with Crippen molar-refractivity contribution in [1.29, 1.82) is 0 Å². The van der Waals surface area contributed by atoms with E-state index in [1.165, 1.54) is 23.4 Å². The Labute approximate surface area is 184 Å². The van der Waals surface area contributed by atoms with Crippen LogP contribution in [0.3, 0.4) is 0 Å². The average Bonchev–Trinajstić information content (AvgIpc) is 3.41. The minimum atomic E-state index is -1.67. The van der Waals surface area contributed by atoms with Crippen molar-refractivity contribution < 1.29 is 18.6 Å². The zero-order chi connectivity index (χ0) is 22.0. The van der Waals surface area contributed by atoms with Gasteiger partial charge in [0.1, 0.15) is 41.7 Å². The van der Waals surface area contributed by atoms with E-state index < -0.39 is 23.3 Å². The van der Waals surface area contributed by atoms with Crippen LogP contribution in [0.5, 0.6) is 5.75 Å². The predicted molar refractivity (Wildman–Crippen MR) is 112 cm³/mol. The van der Waals surface area contributed by atoms with Crippen molar-refractivity contribution in [2.24, 2.45) is 0 Å². The molecule has 0 saturated carbocycles. The molecular formula is C22H23ClF2N4O2. The van der Waals surface area contributed by atoms with E-state index in [0.717, 1.165) is 18.6 Å². The maximum absolute atomic E-state index is 14.7. The normalized spacial score (nSPS) is 19.8. The van der Waals surface area contributed by atoms with Crippen molar-refractivity contribution in [3.05, 3.63) is 77.3 Å². The molecule has 1 aromatic heterocycles. The molecule has 3 aromatic rings.